The van der Waals surface area contributed by atoms with Crippen molar-refractivity contribution in [2.75, 3.05) is 53.7 Å². The van der Waals surface area contributed by atoms with E-state index in [1.807, 2.05) is 0 Å². The third-order valence-corrected chi connectivity index (χ3v) is 5.11. The first-order valence-electron chi connectivity index (χ1n) is 9.55. The Morgan fingerprint density at radius 1 is 1.17 bits per heavy atom. The lowest BCUT2D eigenvalue weighted by Crippen LogP contribution is -2.41. The van der Waals surface area contributed by atoms with Gasteiger partial charge in [0, 0.05) is 32.2 Å². The molecular formula is C19H26N2O8. The van der Waals surface area contributed by atoms with Crippen LogP contribution in [0.5, 0.6) is 11.5 Å². The molecule has 0 bridgehead atoms. The molecule has 0 aromatic heterocycles. The zero-order valence-electron chi connectivity index (χ0n) is 16.6. The normalized spacial score (nSPS) is 18.1. The van der Waals surface area contributed by atoms with Gasteiger partial charge in [-0.15, -0.1) is 0 Å². The summed E-state index contributed by atoms with van der Waals surface area (Å²) >= 11 is 0. The van der Waals surface area contributed by atoms with Gasteiger partial charge in [0.15, 0.2) is 17.8 Å². The van der Waals surface area contributed by atoms with Gasteiger partial charge in [0.2, 0.25) is 0 Å². The molecule has 2 heterocycles. The van der Waals surface area contributed by atoms with Crippen LogP contribution in [-0.2, 0) is 14.2 Å². The van der Waals surface area contributed by atoms with E-state index < -0.39 is 10.8 Å². The Hall–Kier alpha value is -2.43. The number of methoxy groups -OCH3 is 2. The lowest BCUT2D eigenvalue weighted by molar-refractivity contribution is -0.385. The molecular weight excluding hydrogens is 384 g/mol. The minimum absolute atomic E-state index is 0.0160. The summed E-state index contributed by atoms with van der Waals surface area (Å²) in [4.78, 5) is 25.7. The largest absolute Gasteiger partial charge is 0.493 e. The first kappa shape index (κ1) is 21.3. The van der Waals surface area contributed by atoms with Crippen LogP contribution in [0.15, 0.2) is 12.1 Å². The summed E-state index contributed by atoms with van der Waals surface area (Å²) in [6.07, 6.45) is 1.23. The minimum Gasteiger partial charge on any atom is -0.493 e. The fourth-order valence-corrected chi connectivity index (χ4v) is 3.57. The van der Waals surface area contributed by atoms with Gasteiger partial charge in [0.05, 0.1) is 37.9 Å². The smallest absolute Gasteiger partial charge is 0.286 e. The molecule has 160 valence electrons. The van der Waals surface area contributed by atoms with Gasteiger partial charge < -0.3 is 28.6 Å². The van der Waals surface area contributed by atoms with E-state index in [4.69, 9.17) is 23.7 Å². The number of carbonyl (C=O) groups excluding carboxylic acids is 1. The second-order valence-corrected chi connectivity index (χ2v) is 6.86. The Labute approximate surface area is 168 Å². The van der Waals surface area contributed by atoms with E-state index in [0.717, 1.165) is 12.8 Å². The fourth-order valence-electron chi connectivity index (χ4n) is 3.57. The molecule has 2 aliphatic heterocycles. The van der Waals surface area contributed by atoms with Crippen LogP contribution in [0.25, 0.3) is 0 Å². The number of rotatable bonds is 8. The molecule has 2 aliphatic rings. The van der Waals surface area contributed by atoms with Gasteiger partial charge >= 0.3 is 0 Å². The summed E-state index contributed by atoms with van der Waals surface area (Å²) in [5.41, 5.74) is -0.328. The number of piperidine rings is 1. The van der Waals surface area contributed by atoms with Crippen LogP contribution in [0.1, 0.15) is 23.2 Å². The van der Waals surface area contributed by atoms with Crippen LogP contribution in [0.3, 0.4) is 0 Å². The molecule has 10 nitrogen and oxygen atoms in total. The van der Waals surface area contributed by atoms with Crippen LogP contribution in [-0.4, -0.2) is 75.8 Å². The van der Waals surface area contributed by atoms with E-state index in [1.165, 1.54) is 26.4 Å². The second kappa shape index (κ2) is 9.86. The Morgan fingerprint density at radius 2 is 1.86 bits per heavy atom. The van der Waals surface area contributed by atoms with Crippen LogP contribution in [0.4, 0.5) is 5.69 Å². The molecule has 2 saturated heterocycles. The third-order valence-electron chi connectivity index (χ3n) is 5.11. The highest BCUT2D eigenvalue weighted by atomic mass is 16.7. The van der Waals surface area contributed by atoms with E-state index in [-0.39, 0.29) is 41.6 Å². The molecule has 1 aromatic carbocycles. The average Bonchev–Trinajstić information content (AvgIpc) is 3.28. The standard InChI is InChI=1S/C19H26N2O8/c1-25-7-8-27-17-12-15(21(23)24)14(11-16(17)26-2)18(22)20-5-3-13(4-6-20)19-28-9-10-29-19/h11-13,19H,3-10H2,1-2H3. The quantitative estimate of drug-likeness (QED) is 0.363. The molecule has 1 amide bonds. The molecule has 29 heavy (non-hydrogen) atoms. The Balaban J connectivity index is 1.75. The van der Waals surface area contributed by atoms with Gasteiger partial charge in [-0.05, 0) is 12.8 Å². The fraction of sp³-hybridized carbons (Fsp3) is 0.632. The van der Waals surface area contributed by atoms with E-state index in [9.17, 15) is 14.9 Å². The van der Waals surface area contributed by atoms with Gasteiger partial charge in [-0.25, -0.2) is 0 Å². The zero-order valence-corrected chi connectivity index (χ0v) is 16.6. The van der Waals surface area contributed by atoms with E-state index >= 15 is 0 Å². The van der Waals surface area contributed by atoms with Gasteiger partial charge in [0.1, 0.15) is 12.2 Å². The number of hydrogen-bond acceptors (Lipinski definition) is 8. The van der Waals surface area contributed by atoms with Crippen molar-refractivity contribution in [3.63, 3.8) is 0 Å². The topological polar surface area (TPSA) is 110 Å². The highest BCUT2D eigenvalue weighted by molar-refractivity contribution is 5.99. The number of benzene rings is 1. The summed E-state index contributed by atoms with van der Waals surface area (Å²) < 4.78 is 26.8. The molecule has 0 spiro atoms. The number of amides is 1. The monoisotopic (exact) mass is 410 g/mol. The molecule has 0 N–H and O–H groups in total. The van der Waals surface area contributed by atoms with Crippen molar-refractivity contribution in [1.82, 2.24) is 4.90 Å². The van der Waals surface area contributed by atoms with Crippen molar-refractivity contribution in [1.29, 1.82) is 0 Å². The molecule has 0 saturated carbocycles. The van der Waals surface area contributed by atoms with E-state index in [0.29, 0.717) is 32.9 Å². The molecule has 2 fully saturated rings. The summed E-state index contributed by atoms with van der Waals surface area (Å²) in [6.45, 7) is 2.68. The van der Waals surface area contributed by atoms with Crippen molar-refractivity contribution in [2.24, 2.45) is 5.92 Å². The summed E-state index contributed by atoms with van der Waals surface area (Å²) in [5.74, 6) is 0.285. The average molecular weight is 410 g/mol. The van der Waals surface area contributed by atoms with Crippen molar-refractivity contribution < 1.29 is 33.4 Å². The zero-order chi connectivity index (χ0) is 20.8. The molecule has 0 atom stereocenters. The maximum atomic E-state index is 13.0. The first-order chi connectivity index (χ1) is 14.0. The molecule has 3 rings (SSSR count). The second-order valence-electron chi connectivity index (χ2n) is 6.86. The number of ether oxygens (including phenoxy) is 5. The van der Waals surface area contributed by atoms with Crippen LogP contribution >= 0.6 is 0 Å². The molecule has 0 unspecified atom stereocenters. The lowest BCUT2D eigenvalue weighted by Gasteiger charge is -2.33. The van der Waals surface area contributed by atoms with Crippen molar-refractivity contribution >= 4 is 11.6 Å². The molecule has 0 aliphatic carbocycles. The van der Waals surface area contributed by atoms with E-state index in [1.54, 1.807) is 4.90 Å². The maximum absolute atomic E-state index is 13.0. The van der Waals surface area contributed by atoms with Crippen LogP contribution < -0.4 is 9.47 Å². The van der Waals surface area contributed by atoms with Crippen molar-refractivity contribution in [3.05, 3.63) is 27.8 Å². The van der Waals surface area contributed by atoms with E-state index in [2.05, 4.69) is 0 Å². The third kappa shape index (κ3) is 4.95. The van der Waals surface area contributed by atoms with Gasteiger partial charge in [-0.1, -0.05) is 0 Å². The summed E-state index contributed by atoms with van der Waals surface area (Å²) in [7, 11) is 2.95. The van der Waals surface area contributed by atoms with Crippen LogP contribution in [0.2, 0.25) is 0 Å². The number of carbonyl (C=O) groups is 1. The van der Waals surface area contributed by atoms with Gasteiger partial charge in [-0.2, -0.15) is 0 Å². The molecule has 10 heteroatoms. The van der Waals surface area contributed by atoms with Gasteiger partial charge in [-0.3, -0.25) is 14.9 Å². The predicted octanol–water partition coefficient (Wildman–Crippen LogP) is 1.85. The number of nitrogens with zero attached hydrogens (tertiary/aromatic N) is 2. The van der Waals surface area contributed by atoms with Gasteiger partial charge in [0.25, 0.3) is 11.6 Å². The predicted molar refractivity (Wildman–Crippen MR) is 101 cm³/mol. The highest BCUT2D eigenvalue weighted by Crippen LogP contribution is 2.36. The lowest BCUT2D eigenvalue weighted by atomic mass is 9.95. The first-order valence-corrected chi connectivity index (χ1v) is 9.55. The van der Waals surface area contributed by atoms with Crippen LogP contribution in [0, 0.1) is 16.0 Å². The number of nitro groups is 1. The number of hydrogen-bond donors (Lipinski definition) is 0. The maximum Gasteiger partial charge on any atom is 0.286 e. The Bertz CT molecular complexity index is 727. The summed E-state index contributed by atoms with van der Waals surface area (Å²) in [5, 5.41) is 11.6. The molecule has 0 radical (unpaired) electrons. The minimum atomic E-state index is -0.581. The Kier molecular flexibility index (Phi) is 7.24. The summed E-state index contributed by atoms with van der Waals surface area (Å²) in [6, 6.07) is 2.60. The SMILES string of the molecule is COCCOc1cc([N+](=O)[O-])c(C(=O)N2CCC(C3OCCO3)CC2)cc1OC. The molecule has 1 aromatic rings. The highest BCUT2D eigenvalue weighted by Gasteiger charge is 2.34. The number of likely N-dealkylation sites (tertiary alicyclic amines) is 1. The Morgan fingerprint density at radius 3 is 2.45 bits per heavy atom. The van der Waals surface area contributed by atoms with Crippen molar-refractivity contribution in [3.8, 4) is 11.5 Å². The number of nitro benzene ring substituents is 1. The van der Waals surface area contributed by atoms with Crippen molar-refractivity contribution in [2.45, 2.75) is 19.1 Å².